The van der Waals surface area contributed by atoms with Crippen LogP contribution in [0.3, 0.4) is 0 Å². The third-order valence-electron chi connectivity index (χ3n) is 3.13. The second kappa shape index (κ2) is 6.74. The summed E-state index contributed by atoms with van der Waals surface area (Å²) in [6, 6.07) is 6.18. The minimum atomic E-state index is 0.0732. The van der Waals surface area contributed by atoms with Crippen LogP contribution in [0.2, 0.25) is 0 Å². The minimum absolute atomic E-state index is 0.0732. The Morgan fingerprint density at radius 3 is 2.60 bits per heavy atom. The number of aryl methyl sites for hydroxylation is 1. The average molecular weight is 403 g/mol. The number of aromatic nitrogens is 2. The number of nitrogens with zero attached hydrogens (tertiary/aromatic N) is 2. The van der Waals surface area contributed by atoms with Crippen molar-refractivity contribution in [3.63, 3.8) is 0 Å². The third-order valence-corrected chi connectivity index (χ3v) is 4.36. The molecule has 1 N–H and O–H groups in total. The maximum atomic E-state index is 5.28. The fraction of sp³-hybridized carbons (Fsp3) is 0.357. The van der Waals surface area contributed by atoms with E-state index in [1.165, 1.54) is 0 Å². The highest BCUT2D eigenvalue weighted by molar-refractivity contribution is 9.10. The van der Waals surface area contributed by atoms with Crippen LogP contribution in [-0.4, -0.2) is 23.4 Å². The number of methoxy groups -OCH3 is 1. The van der Waals surface area contributed by atoms with E-state index >= 15 is 0 Å². The Balaban J connectivity index is 2.46. The molecule has 0 saturated heterocycles. The maximum absolute atomic E-state index is 5.28. The molecule has 0 fully saturated rings. The molecule has 6 heteroatoms. The lowest BCUT2D eigenvalue weighted by atomic mass is 10.0. The van der Waals surface area contributed by atoms with Crippen molar-refractivity contribution in [3.05, 3.63) is 44.6 Å². The second-order valence-electron chi connectivity index (χ2n) is 4.39. The van der Waals surface area contributed by atoms with Gasteiger partial charge in [0.1, 0.15) is 5.75 Å². The first kappa shape index (κ1) is 15.5. The molecule has 1 unspecified atom stereocenters. The minimum Gasteiger partial charge on any atom is -0.496 e. The molecule has 0 saturated carbocycles. The van der Waals surface area contributed by atoms with Gasteiger partial charge in [-0.2, -0.15) is 5.10 Å². The van der Waals surface area contributed by atoms with Gasteiger partial charge in [-0.3, -0.25) is 4.68 Å². The molecule has 1 heterocycles. The molecule has 0 amide bonds. The normalized spacial score (nSPS) is 12.4. The van der Waals surface area contributed by atoms with Crippen LogP contribution in [0.15, 0.2) is 33.3 Å². The quantitative estimate of drug-likeness (QED) is 0.829. The van der Waals surface area contributed by atoms with E-state index in [1.54, 1.807) is 7.11 Å². The summed E-state index contributed by atoms with van der Waals surface area (Å²) < 4.78 is 9.11. The molecule has 0 spiro atoms. The van der Waals surface area contributed by atoms with Crippen LogP contribution in [0.5, 0.6) is 5.75 Å². The highest BCUT2D eigenvalue weighted by Gasteiger charge is 2.20. The Kier molecular flexibility index (Phi) is 5.23. The summed E-state index contributed by atoms with van der Waals surface area (Å²) in [5.74, 6) is 0.827. The number of halogens is 2. The molecular formula is C14H17Br2N3O. The van der Waals surface area contributed by atoms with Crippen LogP contribution in [0.4, 0.5) is 0 Å². The highest BCUT2D eigenvalue weighted by Crippen LogP contribution is 2.32. The van der Waals surface area contributed by atoms with E-state index in [-0.39, 0.29) is 6.04 Å². The first-order chi connectivity index (χ1) is 9.58. The molecule has 4 nitrogen and oxygen atoms in total. The number of nitrogens with one attached hydrogen (secondary N) is 1. The van der Waals surface area contributed by atoms with E-state index in [4.69, 9.17) is 4.74 Å². The first-order valence-corrected chi connectivity index (χ1v) is 7.91. The zero-order valence-electron chi connectivity index (χ0n) is 11.7. The van der Waals surface area contributed by atoms with Gasteiger partial charge in [-0.05, 0) is 56.1 Å². The Morgan fingerprint density at radius 1 is 1.35 bits per heavy atom. The molecule has 1 atom stereocenters. The zero-order chi connectivity index (χ0) is 14.7. The average Bonchev–Trinajstić information content (AvgIpc) is 2.76. The van der Waals surface area contributed by atoms with Crippen LogP contribution in [0.1, 0.15) is 24.2 Å². The van der Waals surface area contributed by atoms with Crippen LogP contribution < -0.4 is 10.1 Å². The molecule has 2 aromatic rings. The molecule has 1 aromatic carbocycles. The van der Waals surface area contributed by atoms with E-state index in [2.05, 4.69) is 61.3 Å². The molecule has 0 aliphatic rings. The summed E-state index contributed by atoms with van der Waals surface area (Å²) in [6.07, 6.45) is 1.82. The molecule has 0 bridgehead atoms. The van der Waals surface area contributed by atoms with Gasteiger partial charge in [-0.25, -0.2) is 0 Å². The molecule has 20 heavy (non-hydrogen) atoms. The summed E-state index contributed by atoms with van der Waals surface area (Å²) in [6.45, 7) is 2.96. The van der Waals surface area contributed by atoms with Crippen LogP contribution >= 0.6 is 31.9 Å². The van der Waals surface area contributed by atoms with E-state index < -0.39 is 0 Å². The fourth-order valence-corrected chi connectivity index (χ4v) is 3.32. The van der Waals surface area contributed by atoms with E-state index in [1.807, 2.05) is 24.0 Å². The van der Waals surface area contributed by atoms with Crippen molar-refractivity contribution in [2.24, 2.45) is 7.05 Å². The van der Waals surface area contributed by atoms with Crippen molar-refractivity contribution in [1.82, 2.24) is 15.1 Å². The van der Waals surface area contributed by atoms with E-state index in [0.717, 1.165) is 32.5 Å². The molecule has 108 valence electrons. The van der Waals surface area contributed by atoms with Crippen LogP contribution in [0, 0.1) is 0 Å². The smallest absolute Gasteiger partial charge is 0.133 e. The summed E-state index contributed by atoms with van der Waals surface area (Å²) >= 11 is 7.11. The van der Waals surface area contributed by atoms with Crippen LogP contribution in [-0.2, 0) is 7.05 Å². The lowest BCUT2D eigenvalue weighted by Gasteiger charge is -2.20. The fourth-order valence-electron chi connectivity index (χ4n) is 2.18. The topological polar surface area (TPSA) is 39.1 Å². The molecule has 0 aliphatic carbocycles. The second-order valence-corrected chi connectivity index (χ2v) is 6.09. The third kappa shape index (κ3) is 3.07. The molecule has 1 aromatic heterocycles. The largest absolute Gasteiger partial charge is 0.496 e. The van der Waals surface area contributed by atoms with Gasteiger partial charge in [0.05, 0.1) is 34.0 Å². The lowest BCUT2D eigenvalue weighted by molar-refractivity contribution is 0.411. The highest BCUT2D eigenvalue weighted by atomic mass is 79.9. The standard InChI is InChI=1S/C14H17Br2N3O/c1-4-17-13(14-11(16)8-18-19(14)2)9-5-6-12(20-3)10(15)7-9/h5-8,13,17H,4H2,1-3H3. The van der Waals surface area contributed by atoms with Gasteiger partial charge in [0.2, 0.25) is 0 Å². The first-order valence-electron chi connectivity index (χ1n) is 6.32. The molecule has 2 rings (SSSR count). The Morgan fingerprint density at radius 2 is 2.10 bits per heavy atom. The van der Waals surface area contributed by atoms with Gasteiger partial charge in [-0.15, -0.1) is 0 Å². The number of rotatable bonds is 5. The van der Waals surface area contributed by atoms with Crippen molar-refractivity contribution >= 4 is 31.9 Å². The monoisotopic (exact) mass is 401 g/mol. The molecule has 0 aliphatic heterocycles. The van der Waals surface area contributed by atoms with E-state index in [0.29, 0.717) is 0 Å². The van der Waals surface area contributed by atoms with Crippen LogP contribution in [0.25, 0.3) is 0 Å². The van der Waals surface area contributed by atoms with Crippen molar-refractivity contribution in [3.8, 4) is 5.75 Å². The number of hydrogen-bond donors (Lipinski definition) is 1. The predicted octanol–water partition coefficient (Wildman–Crippen LogP) is 3.65. The Labute approximate surface area is 135 Å². The summed E-state index contributed by atoms with van der Waals surface area (Å²) in [5, 5.41) is 7.79. The van der Waals surface area contributed by atoms with Gasteiger partial charge in [0, 0.05) is 7.05 Å². The summed E-state index contributed by atoms with van der Waals surface area (Å²) in [5.41, 5.74) is 2.26. The van der Waals surface area contributed by atoms with Crippen molar-refractivity contribution in [2.45, 2.75) is 13.0 Å². The zero-order valence-corrected chi connectivity index (χ0v) is 14.8. The van der Waals surface area contributed by atoms with Crippen molar-refractivity contribution in [2.75, 3.05) is 13.7 Å². The Bertz CT molecular complexity index is 579. The number of hydrogen-bond acceptors (Lipinski definition) is 3. The predicted molar refractivity (Wildman–Crippen MR) is 87.1 cm³/mol. The SMILES string of the molecule is CCNC(c1ccc(OC)c(Br)c1)c1c(Br)cnn1C. The van der Waals surface area contributed by atoms with Gasteiger partial charge >= 0.3 is 0 Å². The van der Waals surface area contributed by atoms with Gasteiger partial charge in [0.15, 0.2) is 0 Å². The van der Waals surface area contributed by atoms with Gasteiger partial charge < -0.3 is 10.1 Å². The Hall–Kier alpha value is -0.850. The van der Waals surface area contributed by atoms with Crippen molar-refractivity contribution in [1.29, 1.82) is 0 Å². The van der Waals surface area contributed by atoms with Gasteiger partial charge in [-0.1, -0.05) is 13.0 Å². The summed E-state index contributed by atoms with van der Waals surface area (Å²) in [4.78, 5) is 0. The number of ether oxygens (including phenoxy) is 1. The van der Waals surface area contributed by atoms with Gasteiger partial charge in [0.25, 0.3) is 0 Å². The lowest BCUT2D eigenvalue weighted by Crippen LogP contribution is -2.24. The van der Waals surface area contributed by atoms with Crippen molar-refractivity contribution < 1.29 is 4.74 Å². The molecule has 0 radical (unpaired) electrons. The maximum Gasteiger partial charge on any atom is 0.133 e. The molecular weight excluding hydrogens is 386 g/mol. The number of benzene rings is 1. The van der Waals surface area contributed by atoms with E-state index in [9.17, 15) is 0 Å². The summed E-state index contributed by atoms with van der Waals surface area (Å²) in [7, 11) is 3.61.